The number of amides is 1. The molecule has 1 fully saturated rings. The van der Waals surface area contributed by atoms with Gasteiger partial charge in [-0.25, -0.2) is 0 Å². The molecule has 1 amide bonds. The molecule has 0 saturated carbocycles. The molecule has 7 heteroatoms. The Morgan fingerprint density at radius 1 is 1.33 bits per heavy atom. The lowest BCUT2D eigenvalue weighted by atomic mass is 10.2. The summed E-state index contributed by atoms with van der Waals surface area (Å²) in [7, 11) is 1.50. The Bertz CT molecular complexity index is 505. The average Bonchev–Trinajstić information content (AvgIpc) is 2.50. The fourth-order valence-electron chi connectivity index (χ4n) is 2.23. The third-order valence-electron chi connectivity index (χ3n) is 3.41. The van der Waals surface area contributed by atoms with Gasteiger partial charge in [-0.1, -0.05) is 23.2 Å². The normalized spacial score (nSPS) is 15.8. The van der Waals surface area contributed by atoms with Crippen LogP contribution in [-0.2, 0) is 0 Å². The van der Waals surface area contributed by atoms with Gasteiger partial charge < -0.3 is 15.4 Å². The Hall–Kier alpha value is -1.01. The van der Waals surface area contributed by atoms with Crippen molar-refractivity contribution in [3.8, 4) is 5.75 Å². The Morgan fingerprint density at radius 3 is 2.67 bits per heavy atom. The lowest BCUT2D eigenvalue weighted by molar-refractivity contribution is 0.0944. The number of carbonyl (C=O) groups excluding carboxylic acids is 1. The highest BCUT2D eigenvalue weighted by atomic mass is 35.5. The number of ether oxygens (including phenoxy) is 1. The van der Waals surface area contributed by atoms with Crippen LogP contribution >= 0.6 is 23.2 Å². The van der Waals surface area contributed by atoms with Gasteiger partial charge in [-0.05, 0) is 6.07 Å². The second-order valence-corrected chi connectivity index (χ2v) is 5.63. The molecule has 2 N–H and O–H groups in total. The van der Waals surface area contributed by atoms with Crippen LogP contribution in [0.25, 0.3) is 0 Å². The molecular weight excluding hydrogens is 313 g/mol. The third kappa shape index (κ3) is 4.48. The highest BCUT2D eigenvalue weighted by Gasteiger charge is 2.16. The standard InChI is InChI=1S/C14H19Cl2N3O2/c1-21-13-9-12(16)11(15)8-10(13)14(20)18-4-7-19-5-2-17-3-6-19/h8-9,17H,2-7H2,1H3,(H,18,20). The van der Waals surface area contributed by atoms with Crippen molar-refractivity contribution in [2.24, 2.45) is 0 Å². The van der Waals surface area contributed by atoms with E-state index in [2.05, 4.69) is 15.5 Å². The highest BCUT2D eigenvalue weighted by molar-refractivity contribution is 6.42. The minimum Gasteiger partial charge on any atom is -0.496 e. The monoisotopic (exact) mass is 331 g/mol. The van der Waals surface area contributed by atoms with Crippen LogP contribution in [0.15, 0.2) is 12.1 Å². The number of rotatable bonds is 5. The van der Waals surface area contributed by atoms with Crippen LogP contribution in [0.1, 0.15) is 10.4 Å². The second-order valence-electron chi connectivity index (χ2n) is 4.81. The summed E-state index contributed by atoms with van der Waals surface area (Å²) in [5, 5.41) is 6.88. The van der Waals surface area contributed by atoms with E-state index < -0.39 is 0 Å². The number of halogens is 2. The number of hydrogen-bond donors (Lipinski definition) is 2. The number of piperazine rings is 1. The van der Waals surface area contributed by atoms with Crippen LogP contribution in [0.3, 0.4) is 0 Å². The predicted octanol–water partition coefficient (Wildman–Crippen LogP) is 1.64. The first kappa shape index (κ1) is 16.4. The van der Waals surface area contributed by atoms with Crippen molar-refractivity contribution >= 4 is 29.1 Å². The summed E-state index contributed by atoms with van der Waals surface area (Å²) >= 11 is 11.9. The summed E-state index contributed by atoms with van der Waals surface area (Å²) in [6, 6.07) is 3.08. The van der Waals surface area contributed by atoms with Crippen LogP contribution < -0.4 is 15.4 Å². The van der Waals surface area contributed by atoms with Gasteiger partial charge in [-0.3, -0.25) is 9.69 Å². The molecule has 1 aromatic rings. The van der Waals surface area contributed by atoms with Crippen molar-refractivity contribution < 1.29 is 9.53 Å². The van der Waals surface area contributed by atoms with E-state index in [1.807, 2.05) is 0 Å². The molecule has 1 aromatic carbocycles. The molecule has 0 radical (unpaired) electrons. The summed E-state index contributed by atoms with van der Waals surface area (Å²) in [5.74, 6) is 0.213. The fraction of sp³-hybridized carbons (Fsp3) is 0.500. The molecule has 0 unspecified atom stereocenters. The summed E-state index contributed by atoms with van der Waals surface area (Å²) in [4.78, 5) is 14.5. The zero-order chi connectivity index (χ0) is 15.2. The lowest BCUT2D eigenvalue weighted by Crippen LogP contribution is -2.46. The average molecular weight is 332 g/mol. The van der Waals surface area contributed by atoms with E-state index in [4.69, 9.17) is 27.9 Å². The molecule has 1 heterocycles. The Labute approximate surface area is 134 Å². The number of methoxy groups -OCH3 is 1. The molecule has 1 aliphatic rings. The summed E-state index contributed by atoms with van der Waals surface area (Å²) in [6.45, 7) is 5.42. The SMILES string of the molecule is COc1cc(Cl)c(Cl)cc1C(=O)NCCN1CCNCC1. The largest absolute Gasteiger partial charge is 0.496 e. The van der Waals surface area contributed by atoms with Gasteiger partial charge in [0.25, 0.3) is 5.91 Å². The van der Waals surface area contributed by atoms with Crippen molar-refractivity contribution in [1.82, 2.24) is 15.5 Å². The van der Waals surface area contributed by atoms with E-state index in [0.29, 0.717) is 27.9 Å². The number of nitrogens with one attached hydrogen (secondary N) is 2. The predicted molar refractivity (Wildman–Crippen MR) is 84.7 cm³/mol. The molecule has 5 nitrogen and oxygen atoms in total. The Balaban J connectivity index is 1.92. The maximum Gasteiger partial charge on any atom is 0.255 e. The van der Waals surface area contributed by atoms with Crippen LogP contribution in [0, 0.1) is 0 Å². The van der Waals surface area contributed by atoms with E-state index >= 15 is 0 Å². The van der Waals surface area contributed by atoms with E-state index in [9.17, 15) is 4.79 Å². The first-order valence-electron chi connectivity index (χ1n) is 6.86. The van der Waals surface area contributed by atoms with E-state index in [1.165, 1.54) is 13.2 Å². The molecule has 1 aliphatic heterocycles. The number of carbonyl (C=O) groups is 1. The summed E-state index contributed by atoms with van der Waals surface area (Å²) in [5.41, 5.74) is 0.396. The number of benzene rings is 1. The van der Waals surface area contributed by atoms with Crippen molar-refractivity contribution in [3.05, 3.63) is 27.7 Å². The van der Waals surface area contributed by atoms with Crippen LogP contribution in [0.5, 0.6) is 5.75 Å². The molecule has 21 heavy (non-hydrogen) atoms. The van der Waals surface area contributed by atoms with Gasteiger partial charge in [0.15, 0.2) is 0 Å². The van der Waals surface area contributed by atoms with E-state index in [-0.39, 0.29) is 5.91 Å². The minimum atomic E-state index is -0.208. The first-order chi connectivity index (χ1) is 10.1. The second kappa shape index (κ2) is 7.84. The number of hydrogen-bond acceptors (Lipinski definition) is 4. The molecular formula is C14H19Cl2N3O2. The molecule has 0 spiro atoms. The van der Waals surface area contributed by atoms with Crippen LogP contribution in [0.2, 0.25) is 10.0 Å². The van der Waals surface area contributed by atoms with Gasteiger partial charge in [0.1, 0.15) is 5.75 Å². The highest BCUT2D eigenvalue weighted by Crippen LogP contribution is 2.30. The summed E-state index contributed by atoms with van der Waals surface area (Å²) in [6.07, 6.45) is 0. The van der Waals surface area contributed by atoms with Crippen molar-refractivity contribution in [2.45, 2.75) is 0 Å². The molecule has 0 atom stereocenters. The topological polar surface area (TPSA) is 53.6 Å². The van der Waals surface area contributed by atoms with Crippen LogP contribution in [0.4, 0.5) is 0 Å². The maximum atomic E-state index is 12.2. The van der Waals surface area contributed by atoms with Gasteiger partial charge in [-0.15, -0.1) is 0 Å². The quantitative estimate of drug-likeness (QED) is 0.861. The zero-order valence-electron chi connectivity index (χ0n) is 11.9. The van der Waals surface area contributed by atoms with Gasteiger partial charge >= 0.3 is 0 Å². The van der Waals surface area contributed by atoms with Gasteiger partial charge in [0, 0.05) is 45.3 Å². The van der Waals surface area contributed by atoms with Crippen molar-refractivity contribution in [3.63, 3.8) is 0 Å². The molecule has 116 valence electrons. The lowest BCUT2D eigenvalue weighted by Gasteiger charge is -2.27. The molecule has 2 rings (SSSR count). The van der Waals surface area contributed by atoms with Crippen molar-refractivity contribution in [2.75, 3.05) is 46.4 Å². The third-order valence-corrected chi connectivity index (χ3v) is 4.13. The number of nitrogens with zero attached hydrogens (tertiary/aromatic N) is 1. The fourth-order valence-corrected chi connectivity index (χ4v) is 2.55. The zero-order valence-corrected chi connectivity index (χ0v) is 13.4. The Kier molecular flexibility index (Phi) is 6.11. The van der Waals surface area contributed by atoms with Crippen molar-refractivity contribution in [1.29, 1.82) is 0 Å². The van der Waals surface area contributed by atoms with Gasteiger partial charge in [-0.2, -0.15) is 0 Å². The first-order valence-corrected chi connectivity index (χ1v) is 7.61. The molecule has 1 saturated heterocycles. The molecule has 0 aliphatic carbocycles. The minimum absolute atomic E-state index is 0.208. The summed E-state index contributed by atoms with van der Waals surface area (Å²) < 4.78 is 5.18. The van der Waals surface area contributed by atoms with Gasteiger partial charge in [0.05, 0.1) is 22.7 Å². The maximum absolute atomic E-state index is 12.2. The molecule has 0 aromatic heterocycles. The van der Waals surface area contributed by atoms with Crippen LogP contribution in [-0.4, -0.2) is 57.2 Å². The molecule has 0 bridgehead atoms. The van der Waals surface area contributed by atoms with E-state index in [1.54, 1.807) is 6.07 Å². The van der Waals surface area contributed by atoms with Gasteiger partial charge in [0.2, 0.25) is 0 Å². The van der Waals surface area contributed by atoms with E-state index in [0.717, 1.165) is 32.7 Å². The smallest absolute Gasteiger partial charge is 0.255 e. The Morgan fingerprint density at radius 2 is 2.00 bits per heavy atom.